The van der Waals surface area contributed by atoms with E-state index in [1.165, 1.54) is 6.07 Å². The first-order valence-corrected chi connectivity index (χ1v) is 8.25. The fourth-order valence-corrected chi connectivity index (χ4v) is 3.04. The van der Waals surface area contributed by atoms with Gasteiger partial charge in [-0.25, -0.2) is 9.18 Å². The predicted octanol–water partition coefficient (Wildman–Crippen LogP) is 2.15. The Balaban J connectivity index is 2.22. The van der Waals surface area contributed by atoms with Gasteiger partial charge in [0.05, 0.1) is 5.02 Å². The van der Waals surface area contributed by atoms with Gasteiger partial charge in [-0.3, -0.25) is 0 Å². The third-order valence-electron chi connectivity index (χ3n) is 4.09. The van der Waals surface area contributed by atoms with Gasteiger partial charge in [0, 0.05) is 11.0 Å². The summed E-state index contributed by atoms with van der Waals surface area (Å²) in [5.41, 5.74) is -1.04. The molecule has 1 aromatic carbocycles. The van der Waals surface area contributed by atoms with Gasteiger partial charge in [0.25, 0.3) is 0 Å². The van der Waals surface area contributed by atoms with Crippen LogP contribution in [0.1, 0.15) is 45.6 Å². The van der Waals surface area contributed by atoms with Crippen LogP contribution in [0.5, 0.6) is 0 Å². The molecule has 132 valence electrons. The van der Waals surface area contributed by atoms with Gasteiger partial charge in [0.2, 0.25) is 0 Å². The van der Waals surface area contributed by atoms with Crippen LogP contribution in [-0.4, -0.2) is 34.4 Å². The third-order valence-corrected chi connectivity index (χ3v) is 4.38. The second-order valence-electron chi connectivity index (χ2n) is 7.25. The average Bonchev–Trinajstić information content (AvgIpc) is 2.37. The summed E-state index contributed by atoms with van der Waals surface area (Å²) in [6.07, 6.45) is 2.06. The number of hydrogen-bond acceptors (Lipinski definition) is 4. The number of carbonyl (C=O) groups is 1. The zero-order valence-electron chi connectivity index (χ0n) is 14.0. The fraction of sp³-hybridized carbons (Fsp3) is 0.562. The van der Waals surface area contributed by atoms with Crippen LogP contribution in [0.15, 0.2) is 12.1 Å². The Labute approximate surface area is 146 Å². The molecule has 8 heteroatoms. The first-order valence-electron chi connectivity index (χ1n) is 7.87. The molecule has 24 heavy (non-hydrogen) atoms. The molecule has 0 saturated heterocycles. The van der Waals surface area contributed by atoms with Crippen molar-refractivity contribution < 1.29 is 24.0 Å². The van der Waals surface area contributed by atoms with Crippen LogP contribution in [-0.2, 0) is 11.2 Å². The topological polar surface area (TPSA) is 78.8 Å². The molecule has 1 saturated carbocycles. The van der Waals surface area contributed by atoms with Crippen molar-refractivity contribution in [3.63, 3.8) is 0 Å². The van der Waals surface area contributed by atoms with Crippen molar-refractivity contribution in [1.29, 1.82) is 0 Å². The summed E-state index contributed by atoms with van der Waals surface area (Å²) in [7, 11) is -1.97. The lowest BCUT2D eigenvalue weighted by atomic mass is 9.68. The van der Waals surface area contributed by atoms with Crippen molar-refractivity contribution in [2.24, 2.45) is 0 Å². The highest BCUT2D eigenvalue weighted by Crippen LogP contribution is 2.35. The second kappa shape index (κ2) is 6.90. The summed E-state index contributed by atoms with van der Waals surface area (Å²) in [6, 6.07) is 2.93. The number of rotatable bonds is 4. The number of benzene rings is 1. The molecule has 1 amide bonds. The van der Waals surface area contributed by atoms with Crippen LogP contribution in [0.4, 0.5) is 9.18 Å². The van der Waals surface area contributed by atoms with Gasteiger partial charge in [-0.2, -0.15) is 0 Å². The molecule has 0 atom stereocenters. The first-order chi connectivity index (χ1) is 11.0. The fourth-order valence-electron chi connectivity index (χ4n) is 2.87. The predicted molar refractivity (Wildman–Crippen MR) is 90.9 cm³/mol. The summed E-state index contributed by atoms with van der Waals surface area (Å²) < 4.78 is 19.4. The SMILES string of the molecule is CC(C)(C)OC(=O)NC1(Cc2ccc(Cl)c(F)c2B(O)O)CCC1. The van der Waals surface area contributed by atoms with Crippen LogP contribution < -0.4 is 10.8 Å². The molecular formula is C16H22BClFNO4. The molecule has 0 spiro atoms. The maximum absolute atomic E-state index is 14.1. The standard InChI is InChI=1S/C16H22BClFNO4/c1-15(2,3)24-14(21)20-16(7-4-8-16)9-10-5-6-11(18)13(19)12(10)17(22)23/h5-6,22-23H,4,7-9H2,1-3H3,(H,20,21). The van der Waals surface area contributed by atoms with Gasteiger partial charge >= 0.3 is 13.2 Å². The Bertz CT molecular complexity index is 629. The molecule has 0 bridgehead atoms. The monoisotopic (exact) mass is 357 g/mol. The number of ether oxygens (including phenoxy) is 1. The van der Waals surface area contributed by atoms with E-state index in [9.17, 15) is 19.2 Å². The highest BCUT2D eigenvalue weighted by Gasteiger charge is 2.41. The molecule has 1 fully saturated rings. The van der Waals surface area contributed by atoms with E-state index in [4.69, 9.17) is 16.3 Å². The molecular weight excluding hydrogens is 335 g/mol. The zero-order valence-corrected chi connectivity index (χ0v) is 14.8. The quantitative estimate of drug-likeness (QED) is 0.722. The molecule has 1 aliphatic rings. The Morgan fingerprint density at radius 2 is 2.04 bits per heavy atom. The molecule has 1 aliphatic carbocycles. The van der Waals surface area contributed by atoms with Crippen molar-refractivity contribution >= 4 is 30.3 Å². The van der Waals surface area contributed by atoms with Gasteiger partial charge in [0.1, 0.15) is 11.4 Å². The van der Waals surface area contributed by atoms with Crippen molar-refractivity contribution in [1.82, 2.24) is 5.32 Å². The minimum Gasteiger partial charge on any atom is -0.444 e. The Morgan fingerprint density at radius 3 is 2.50 bits per heavy atom. The molecule has 0 aromatic heterocycles. The van der Waals surface area contributed by atoms with Crippen molar-refractivity contribution in [3.8, 4) is 0 Å². The van der Waals surface area contributed by atoms with Crippen LogP contribution in [0, 0.1) is 5.82 Å². The van der Waals surface area contributed by atoms with E-state index in [0.29, 0.717) is 18.4 Å². The van der Waals surface area contributed by atoms with Gasteiger partial charge in [-0.1, -0.05) is 17.7 Å². The zero-order chi connectivity index (χ0) is 18.1. The molecule has 3 N–H and O–H groups in total. The van der Waals surface area contributed by atoms with Gasteiger partial charge < -0.3 is 20.1 Å². The van der Waals surface area contributed by atoms with E-state index in [1.807, 2.05) is 0 Å². The molecule has 0 heterocycles. The van der Waals surface area contributed by atoms with Gasteiger partial charge in [-0.05, 0) is 58.1 Å². The lowest BCUT2D eigenvalue weighted by molar-refractivity contribution is 0.0383. The minimum atomic E-state index is -1.97. The summed E-state index contributed by atoms with van der Waals surface area (Å²) in [6.45, 7) is 5.32. The van der Waals surface area contributed by atoms with E-state index in [0.717, 1.165) is 6.42 Å². The van der Waals surface area contributed by atoms with Crippen LogP contribution in [0.25, 0.3) is 0 Å². The largest absolute Gasteiger partial charge is 0.491 e. The highest BCUT2D eigenvalue weighted by atomic mass is 35.5. The summed E-state index contributed by atoms with van der Waals surface area (Å²) in [5, 5.41) is 21.6. The summed E-state index contributed by atoms with van der Waals surface area (Å²) in [5.74, 6) is -0.851. The molecule has 1 aromatic rings. The number of carbonyl (C=O) groups excluding carboxylic acids is 1. The highest BCUT2D eigenvalue weighted by molar-refractivity contribution is 6.59. The maximum atomic E-state index is 14.1. The normalized spacial score (nSPS) is 16.3. The molecule has 0 unspecified atom stereocenters. The van der Waals surface area contributed by atoms with Crippen LogP contribution in [0.3, 0.4) is 0 Å². The number of amides is 1. The maximum Gasteiger partial charge on any atom is 0.491 e. The molecule has 0 radical (unpaired) electrons. The van der Waals surface area contributed by atoms with E-state index in [2.05, 4.69) is 5.32 Å². The molecule has 0 aliphatic heterocycles. The summed E-state index contributed by atoms with van der Waals surface area (Å²) >= 11 is 5.72. The number of nitrogens with one attached hydrogen (secondary N) is 1. The van der Waals surface area contributed by atoms with E-state index in [-0.39, 0.29) is 16.9 Å². The average molecular weight is 358 g/mol. The van der Waals surface area contributed by atoms with Crippen LogP contribution >= 0.6 is 11.6 Å². The Hall–Kier alpha value is -1.31. The van der Waals surface area contributed by atoms with Gasteiger partial charge in [-0.15, -0.1) is 0 Å². The Morgan fingerprint density at radius 1 is 1.42 bits per heavy atom. The van der Waals surface area contributed by atoms with E-state index >= 15 is 0 Å². The van der Waals surface area contributed by atoms with E-state index < -0.39 is 30.2 Å². The first kappa shape index (κ1) is 19.0. The number of alkyl carbamates (subject to hydrolysis) is 1. The van der Waals surface area contributed by atoms with Crippen molar-refractivity contribution in [3.05, 3.63) is 28.5 Å². The molecule has 2 rings (SSSR count). The Kier molecular flexibility index (Phi) is 5.47. The van der Waals surface area contributed by atoms with Crippen molar-refractivity contribution in [2.75, 3.05) is 0 Å². The second-order valence-corrected chi connectivity index (χ2v) is 7.65. The van der Waals surface area contributed by atoms with Gasteiger partial charge in [0.15, 0.2) is 0 Å². The van der Waals surface area contributed by atoms with Crippen molar-refractivity contribution in [2.45, 2.75) is 57.6 Å². The number of hydrogen-bond donors (Lipinski definition) is 3. The van der Waals surface area contributed by atoms with Crippen LogP contribution in [0.2, 0.25) is 5.02 Å². The smallest absolute Gasteiger partial charge is 0.444 e. The minimum absolute atomic E-state index is 0.176. The molecule has 5 nitrogen and oxygen atoms in total. The lowest BCUT2D eigenvalue weighted by Gasteiger charge is -2.43. The lowest BCUT2D eigenvalue weighted by Crippen LogP contribution is -2.57. The van der Waals surface area contributed by atoms with E-state index in [1.54, 1.807) is 26.8 Å². The summed E-state index contributed by atoms with van der Waals surface area (Å²) in [4.78, 5) is 12.1. The number of halogens is 2. The third kappa shape index (κ3) is 4.40.